The third-order valence-corrected chi connectivity index (χ3v) is 11.2. The number of aliphatic hydroxyl groups excluding tert-OH is 4. The van der Waals surface area contributed by atoms with Gasteiger partial charge in [-0.1, -0.05) is 0 Å². The summed E-state index contributed by atoms with van der Waals surface area (Å²) in [5.41, 5.74) is 9.37. The minimum atomic E-state index is -5.16. The Morgan fingerprint density at radius 2 is 1.48 bits per heavy atom. The van der Waals surface area contributed by atoms with E-state index in [2.05, 4.69) is 29.9 Å². The van der Waals surface area contributed by atoms with Crippen molar-refractivity contribution in [2.75, 3.05) is 37.8 Å². The molecule has 6 heterocycles. The third-order valence-electron chi connectivity index (χ3n) is 9.29. The normalized spacial score (nSPS) is 25.9. The average molecular weight is 813 g/mol. The number of nitrogens with two attached hydrogens (primary N) is 2. The number of aliphatic hydroxyl groups is 4. The first-order valence-corrected chi connectivity index (χ1v) is 17.8. The van der Waals surface area contributed by atoms with Gasteiger partial charge in [-0.3, -0.25) is 19.2 Å². The average Bonchev–Trinajstić information content (AvgIpc) is 3.92. The van der Waals surface area contributed by atoms with Gasteiger partial charge in [0.2, 0.25) is 10.0 Å². The van der Waals surface area contributed by atoms with Gasteiger partial charge in [0.25, 0.3) is 5.69 Å². The first-order valence-electron chi connectivity index (χ1n) is 16.3. The van der Waals surface area contributed by atoms with Gasteiger partial charge >= 0.3 is 6.18 Å². The quantitative estimate of drug-likeness (QED) is 0.0630. The number of nitrogen functional groups attached to an aromatic ring is 2. The molecule has 0 spiro atoms. The van der Waals surface area contributed by atoms with Crippen molar-refractivity contribution in [1.29, 1.82) is 0 Å². The van der Waals surface area contributed by atoms with Crippen molar-refractivity contribution in [3.05, 3.63) is 59.2 Å². The molecule has 8 atom stereocenters. The molecule has 7 rings (SSSR count). The number of imidazole rings is 2. The van der Waals surface area contributed by atoms with Crippen LogP contribution in [0.15, 0.2) is 48.4 Å². The smallest absolute Gasteiger partial charge is 0.394 e. The van der Waals surface area contributed by atoms with Gasteiger partial charge in [0.1, 0.15) is 60.3 Å². The Hall–Kier alpha value is -5.26. The summed E-state index contributed by atoms with van der Waals surface area (Å²) >= 11 is 0. The Morgan fingerprint density at radius 3 is 2.05 bits per heavy atom. The van der Waals surface area contributed by atoms with E-state index in [4.69, 9.17) is 25.7 Å². The number of nitro benzene ring substituents is 1. The monoisotopic (exact) mass is 812 g/mol. The number of rotatable bonds is 12. The summed E-state index contributed by atoms with van der Waals surface area (Å²) in [6, 6.07) is 0.839. The highest BCUT2D eigenvalue weighted by molar-refractivity contribution is 7.89. The lowest BCUT2D eigenvalue weighted by Crippen LogP contribution is -2.45. The molecule has 2 saturated heterocycles. The molecule has 0 saturated carbocycles. The predicted octanol–water partition coefficient (Wildman–Crippen LogP) is -1.30. The molecule has 8 N–H and O–H groups in total. The summed E-state index contributed by atoms with van der Waals surface area (Å²) in [7, 11) is -5.16. The van der Waals surface area contributed by atoms with Crippen molar-refractivity contribution in [3.8, 4) is 0 Å². The standard InChI is InChI=1S/C29H31F3N12O11S/c30-29(31,32)12-1-2-16(13(5-12)44(49)50)56(51,52)41(6-14-19(46)21(48)27(54-14)42-10-39-17-23(33)35-8-37-25(17)42)3-4-53-22-20(47)15(7-45)55-28(22)43-11-40-18-24(34)36-9-38-26(18)43/h1-2,5,8-11,14-15,19-22,27-28,45-48H,3-4,6-7H2,(H2,33,35,37)(H2,34,36,38)/t14-,15-,19-,20-,21-,22-,27-,28-/m1/s1. The topological polar surface area (TPSA) is 328 Å². The van der Waals surface area contributed by atoms with Crippen molar-refractivity contribution in [3.63, 3.8) is 0 Å². The summed E-state index contributed by atoms with van der Waals surface area (Å²) in [5.74, 6) is 0.00156. The van der Waals surface area contributed by atoms with E-state index in [-0.39, 0.29) is 40.0 Å². The maximum Gasteiger partial charge on any atom is 0.416 e. The van der Waals surface area contributed by atoms with E-state index in [0.717, 1.165) is 12.7 Å². The van der Waals surface area contributed by atoms with Crippen LogP contribution in [0.1, 0.15) is 18.0 Å². The van der Waals surface area contributed by atoms with E-state index in [9.17, 15) is 52.1 Å². The van der Waals surface area contributed by atoms with E-state index in [1.165, 1.54) is 21.8 Å². The van der Waals surface area contributed by atoms with Crippen molar-refractivity contribution in [2.45, 2.75) is 60.2 Å². The van der Waals surface area contributed by atoms with E-state index in [1.807, 2.05) is 0 Å². The van der Waals surface area contributed by atoms with E-state index >= 15 is 0 Å². The van der Waals surface area contributed by atoms with Crippen LogP contribution in [0.2, 0.25) is 0 Å². The number of fused-ring (bicyclic) bond motifs is 2. The van der Waals surface area contributed by atoms with E-state index < -0.39 is 113 Å². The van der Waals surface area contributed by atoms with Gasteiger partial charge < -0.3 is 46.1 Å². The number of nitro groups is 1. The Bertz CT molecular complexity index is 2390. The zero-order valence-electron chi connectivity index (χ0n) is 28.3. The van der Waals surface area contributed by atoms with Crippen LogP contribution in [-0.4, -0.2) is 140 Å². The van der Waals surface area contributed by atoms with Gasteiger partial charge in [0.15, 0.2) is 40.3 Å². The van der Waals surface area contributed by atoms with Gasteiger partial charge in [0.05, 0.1) is 36.4 Å². The fourth-order valence-corrected chi connectivity index (χ4v) is 8.06. The molecular weight excluding hydrogens is 781 g/mol. The first kappa shape index (κ1) is 39.0. The molecule has 5 aromatic rings. The number of ether oxygens (including phenoxy) is 3. The Kier molecular flexibility index (Phi) is 10.2. The van der Waals surface area contributed by atoms with Crippen LogP contribution in [0.25, 0.3) is 22.3 Å². The summed E-state index contributed by atoms with van der Waals surface area (Å²) in [4.78, 5) is 33.7. The highest BCUT2D eigenvalue weighted by Gasteiger charge is 2.49. The maximum absolute atomic E-state index is 14.2. The Morgan fingerprint density at radius 1 is 0.893 bits per heavy atom. The van der Waals surface area contributed by atoms with Crippen LogP contribution in [0, 0.1) is 10.1 Å². The number of alkyl halides is 3. The van der Waals surface area contributed by atoms with Crippen LogP contribution >= 0.6 is 0 Å². The lowest BCUT2D eigenvalue weighted by atomic mass is 10.1. The summed E-state index contributed by atoms with van der Waals surface area (Å²) in [6.07, 6.45) is -12.3. The number of nitrogens with zero attached hydrogens (tertiary/aromatic N) is 10. The van der Waals surface area contributed by atoms with Gasteiger partial charge in [-0.05, 0) is 12.1 Å². The van der Waals surface area contributed by atoms with Crippen LogP contribution in [0.4, 0.5) is 30.5 Å². The van der Waals surface area contributed by atoms with Crippen LogP contribution < -0.4 is 11.5 Å². The number of benzene rings is 1. The molecule has 23 nitrogen and oxygen atoms in total. The molecule has 0 amide bonds. The second kappa shape index (κ2) is 14.7. The number of hydrogen-bond donors (Lipinski definition) is 6. The molecule has 0 bridgehead atoms. The van der Waals surface area contributed by atoms with Crippen LogP contribution in [0.5, 0.6) is 0 Å². The molecule has 2 aliphatic rings. The summed E-state index contributed by atoms with van der Waals surface area (Å²) in [6.45, 7) is -2.89. The molecule has 2 aliphatic heterocycles. The Balaban J connectivity index is 1.20. The summed E-state index contributed by atoms with van der Waals surface area (Å²) in [5, 5.41) is 55.0. The first-order chi connectivity index (χ1) is 26.5. The van der Waals surface area contributed by atoms with E-state index in [1.54, 1.807) is 0 Å². The molecule has 300 valence electrons. The predicted molar refractivity (Wildman–Crippen MR) is 179 cm³/mol. The number of anilines is 2. The van der Waals surface area contributed by atoms with Crippen LogP contribution in [0.3, 0.4) is 0 Å². The number of sulfonamides is 1. The second-order valence-corrected chi connectivity index (χ2v) is 14.5. The lowest BCUT2D eigenvalue weighted by Gasteiger charge is -2.28. The maximum atomic E-state index is 14.2. The zero-order valence-corrected chi connectivity index (χ0v) is 29.1. The molecular formula is C29H31F3N12O11S. The molecule has 27 heteroatoms. The molecule has 2 fully saturated rings. The summed E-state index contributed by atoms with van der Waals surface area (Å²) < 4.78 is 89.8. The fourth-order valence-electron chi connectivity index (χ4n) is 6.49. The zero-order chi connectivity index (χ0) is 40.3. The Labute approximate surface area is 311 Å². The van der Waals surface area contributed by atoms with Gasteiger partial charge in [-0.2, -0.15) is 17.5 Å². The number of hydrogen-bond acceptors (Lipinski definition) is 19. The third kappa shape index (κ3) is 6.81. The van der Waals surface area contributed by atoms with Crippen LogP contribution in [-0.2, 0) is 30.4 Å². The van der Waals surface area contributed by atoms with Gasteiger partial charge in [-0.25, -0.2) is 38.3 Å². The van der Waals surface area contributed by atoms with Gasteiger partial charge in [0, 0.05) is 19.2 Å². The van der Waals surface area contributed by atoms with Crippen molar-refractivity contribution < 1.29 is 61.1 Å². The van der Waals surface area contributed by atoms with E-state index in [0.29, 0.717) is 16.4 Å². The van der Waals surface area contributed by atoms with Gasteiger partial charge in [-0.15, -0.1) is 0 Å². The number of halogens is 3. The van der Waals surface area contributed by atoms with Crippen molar-refractivity contribution in [2.24, 2.45) is 0 Å². The van der Waals surface area contributed by atoms with Crippen molar-refractivity contribution >= 4 is 49.7 Å². The second-order valence-electron chi connectivity index (χ2n) is 12.6. The number of aromatic nitrogens is 8. The largest absolute Gasteiger partial charge is 0.416 e. The molecule has 56 heavy (non-hydrogen) atoms. The minimum Gasteiger partial charge on any atom is -0.394 e. The fraction of sp³-hybridized carbons (Fsp3) is 0.448. The molecule has 0 unspecified atom stereocenters. The molecule has 1 aromatic carbocycles. The highest BCUT2D eigenvalue weighted by atomic mass is 32.2. The lowest BCUT2D eigenvalue weighted by molar-refractivity contribution is -0.388. The van der Waals surface area contributed by atoms with Crippen molar-refractivity contribution in [1.82, 2.24) is 43.3 Å². The molecule has 0 radical (unpaired) electrons. The minimum absolute atomic E-state index is 0.0160. The molecule has 0 aliphatic carbocycles. The highest BCUT2D eigenvalue weighted by Crippen LogP contribution is 2.38. The molecule has 4 aromatic heterocycles. The SMILES string of the molecule is Nc1ncnc2c1ncn2[C@@H]1O[C@H](CN(CCO[C@@H]2[C@H](O)[C@@H](CO)O[C@H]2n2cnc3c(N)ncnc32)S(=O)(=O)c2ccc(C(F)(F)F)cc2[N+](=O)[O-])[C@@H](O)[C@H]1O.